The predicted octanol–water partition coefficient (Wildman–Crippen LogP) is 2.65. The lowest BCUT2D eigenvalue weighted by Crippen LogP contribution is -2.31. The number of hydrogen-bond acceptors (Lipinski definition) is 4. The van der Waals surface area contributed by atoms with Gasteiger partial charge in [-0.3, -0.25) is 10.5 Å². The Bertz CT molecular complexity index is 617. The topological polar surface area (TPSA) is 65.1 Å². The number of hydrazine groups is 1. The maximum atomic E-state index is 13.7. The van der Waals surface area contributed by atoms with Gasteiger partial charge in [-0.2, -0.15) is 5.10 Å². The van der Waals surface area contributed by atoms with Gasteiger partial charge in [-0.05, 0) is 24.1 Å². The van der Waals surface area contributed by atoms with Crippen LogP contribution in [0.5, 0.6) is 5.75 Å². The summed E-state index contributed by atoms with van der Waals surface area (Å²) in [5, 5.41) is 4.36. The first-order valence-corrected chi connectivity index (χ1v) is 7.00. The van der Waals surface area contributed by atoms with Gasteiger partial charge in [0.05, 0.1) is 24.4 Å². The summed E-state index contributed by atoms with van der Waals surface area (Å²) in [6.07, 6.45) is 2.53. The smallest absolute Gasteiger partial charge is 0.161 e. The Morgan fingerprint density at radius 2 is 2.29 bits per heavy atom. The molecule has 0 spiro atoms. The molecule has 1 aromatic heterocycles. The van der Waals surface area contributed by atoms with Crippen molar-refractivity contribution in [2.45, 2.75) is 25.9 Å². The molecular weight excluding hydrogens is 295 g/mol. The molecule has 0 radical (unpaired) electrons. The molecule has 0 aliphatic carbocycles. The Morgan fingerprint density at radius 3 is 2.86 bits per heavy atom. The fourth-order valence-corrected chi connectivity index (χ4v) is 2.36. The van der Waals surface area contributed by atoms with Crippen LogP contribution in [0.25, 0.3) is 0 Å². The number of halogens is 2. The van der Waals surface area contributed by atoms with Crippen molar-refractivity contribution in [3.8, 4) is 5.75 Å². The van der Waals surface area contributed by atoms with Crippen molar-refractivity contribution in [3.05, 3.63) is 46.5 Å². The van der Waals surface area contributed by atoms with E-state index in [4.69, 9.17) is 22.2 Å². The summed E-state index contributed by atoms with van der Waals surface area (Å²) in [6, 6.07) is 4.14. The number of benzene rings is 1. The number of rotatable bonds is 6. The van der Waals surface area contributed by atoms with Crippen molar-refractivity contribution in [2.75, 3.05) is 7.11 Å². The zero-order chi connectivity index (χ0) is 15.4. The van der Waals surface area contributed by atoms with Crippen LogP contribution in [0.15, 0.2) is 24.4 Å². The van der Waals surface area contributed by atoms with Gasteiger partial charge in [-0.25, -0.2) is 9.82 Å². The highest BCUT2D eigenvalue weighted by molar-refractivity contribution is 6.30. The van der Waals surface area contributed by atoms with Gasteiger partial charge < -0.3 is 4.74 Å². The average Bonchev–Trinajstić information content (AvgIpc) is 2.87. The molecule has 7 heteroatoms. The highest BCUT2D eigenvalue weighted by Crippen LogP contribution is 2.31. The van der Waals surface area contributed by atoms with E-state index in [0.717, 1.165) is 12.1 Å². The van der Waals surface area contributed by atoms with Gasteiger partial charge >= 0.3 is 0 Å². The number of ether oxygens (including phenoxy) is 1. The van der Waals surface area contributed by atoms with Crippen LogP contribution in [-0.2, 0) is 6.54 Å². The third-order valence-electron chi connectivity index (χ3n) is 3.22. The maximum absolute atomic E-state index is 13.7. The fourth-order valence-electron chi connectivity index (χ4n) is 2.24. The minimum Gasteiger partial charge on any atom is -0.493 e. The van der Waals surface area contributed by atoms with Crippen LogP contribution in [0, 0.1) is 5.82 Å². The molecule has 0 bridgehead atoms. The average molecular weight is 313 g/mol. The summed E-state index contributed by atoms with van der Waals surface area (Å²) >= 11 is 5.72. The molecule has 0 amide bonds. The predicted molar refractivity (Wildman–Crippen MR) is 79.6 cm³/mol. The van der Waals surface area contributed by atoms with Crippen LogP contribution in [0.4, 0.5) is 4.39 Å². The number of hydrogen-bond donors (Lipinski definition) is 2. The molecule has 2 rings (SSSR count). The van der Waals surface area contributed by atoms with Crippen LogP contribution >= 0.6 is 11.6 Å². The zero-order valence-electron chi connectivity index (χ0n) is 11.9. The molecule has 5 nitrogen and oxygen atoms in total. The van der Waals surface area contributed by atoms with E-state index in [1.54, 1.807) is 24.1 Å². The van der Waals surface area contributed by atoms with Crippen LogP contribution in [-0.4, -0.2) is 16.9 Å². The van der Waals surface area contributed by atoms with Gasteiger partial charge in [0, 0.05) is 6.54 Å². The number of nitrogens with one attached hydrogen (secondary N) is 1. The number of aryl methyl sites for hydroxylation is 1. The van der Waals surface area contributed by atoms with Gasteiger partial charge in [0.1, 0.15) is 11.5 Å². The highest BCUT2D eigenvalue weighted by Gasteiger charge is 2.23. The van der Waals surface area contributed by atoms with E-state index in [0.29, 0.717) is 17.9 Å². The van der Waals surface area contributed by atoms with E-state index in [1.807, 2.05) is 6.92 Å². The molecule has 1 heterocycles. The largest absolute Gasteiger partial charge is 0.493 e. The van der Waals surface area contributed by atoms with E-state index in [1.165, 1.54) is 12.1 Å². The van der Waals surface area contributed by atoms with Gasteiger partial charge in [0.25, 0.3) is 0 Å². The quantitative estimate of drug-likeness (QED) is 0.636. The standard InChI is InChI=1S/C14H18ClFN4O/c1-3-6-20-14(12(21-2)8-18-20)13(19-17)9-4-5-10(15)11(16)7-9/h4-5,7-8,13,19H,3,6,17H2,1-2H3. The highest BCUT2D eigenvalue weighted by atomic mass is 35.5. The molecule has 114 valence electrons. The van der Waals surface area contributed by atoms with Gasteiger partial charge in [0.15, 0.2) is 5.75 Å². The van der Waals surface area contributed by atoms with Crippen LogP contribution in [0.1, 0.15) is 30.6 Å². The molecule has 0 aliphatic rings. The Morgan fingerprint density at radius 1 is 1.52 bits per heavy atom. The number of nitrogens with zero attached hydrogens (tertiary/aromatic N) is 2. The Kier molecular flexibility index (Phi) is 5.17. The van der Waals surface area contributed by atoms with Crippen molar-refractivity contribution in [2.24, 2.45) is 5.84 Å². The van der Waals surface area contributed by atoms with Crippen LogP contribution in [0.2, 0.25) is 5.02 Å². The minimum atomic E-state index is -0.491. The lowest BCUT2D eigenvalue weighted by molar-refractivity contribution is 0.398. The fraction of sp³-hybridized carbons (Fsp3) is 0.357. The number of nitrogens with two attached hydrogens (primary N) is 1. The SMILES string of the molecule is CCCn1ncc(OC)c1C(NN)c1ccc(Cl)c(F)c1. The molecule has 3 N–H and O–H groups in total. The van der Waals surface area contributed by atoms with Crippen molar-refractivity contribution in [3.63, 3.8) is 0 Å². The number of methoxy groups -OCH3 is 1. The molecule has 21 heavy (non-hydrogen) atoms. The number of aromatic nitrogens is 2. The molecule has 0 fully saturated rings. The molecule has 1 aromatic carbocycles. The summed E-state index contributed by atoms with van der Waals surface area (Å²) < 4.78 is 20.8. The Balaban J connectivity index is 2.49. The van der Waals surface area contributed by atoms with Crippen molar-refractivity contribution < 1.29 is 9.13 Å². The summed E-state index contributed by atoms with van der Waals surface area (Å²) in [6.45, 7) is 2.76. The summed E-state index contributed by atoms with van der Waals surface area (Å²) in [7, 11) is 1.56. The monoisotopic (exact) mass is 312 g/mol. The first-order valence-electron chi connectivity index (χ1n) is 6.63. The van der Waals surface area contributed by atoms with Crippen LogP contribution < -0.4 is 16.0 Å². The third-order valence-corrected chi connectivity index (χ3v) is 3.52. The zero-order valence-corrected chi connectivity index (χ0v) is 12.7. The Hall–Kier alpha value is -1.63. The molecule has 0 saturated carbocycles. The molecule has 1 unspecified atom stereocenters. The summed E-state index contributed by atoms with van der Waals surface area (Å²) in [5.74, 6) is 5.78. The van der Waals surface area contributed by atoms with Crippen molar-refractivity contribution >= 4 is 11.6 Å². The van der Waals surface area contributed by atoms with E-state index in [2.05, 4.69) is 10.5 Å². The molecular formula is C14H18ClFN4O. The molecule has 0 saturated heterocycles. The second-order valence-electron chi connectivity index (χ2n) is 4.59. The molecule has 2 aromatic rings. The molecule has 0 aliphatic heterocycles. The van der Waals surface area contributed by atoms with Crippen LogP contribution in [0.3, 0.4) is 0 Å². The third kappa shape index (κ3) is 3.18. The Labute approximate surface area is 127 Å². The van der Waals surface area contributed by atoms with Gasteiger partial charge in [0.2, 0.25) is 0 Å². The lowest BCUT2D eigenvalue weighted by Gasteiger charge is -2.19. The first-order chi connectivity index (χ1) is 10.1. The van der Waals surface area contributed by atoms with Gasteiger partial charge in [-0.15, -0.1) is 0 Å². The lowest BCUT2D eigenvalue weighted by atomic mass is 10.0. The van der Waals surface area contributed by atoms with E-state index in [9.17, 15) is 4.39 Å². The summed E-state index contributed by atoms with van der Waals surface area (Å²) in [5.41, 5.74) is 4.09. The first kappa shape index (κ1) is 15.8. The van der Waals surface area contributed by atoms with E-state index in [-0.39, 0.29) is 5.02 Å². The molecule has 1 atom stereocenters. The van der Waals surface area contributed by atoms with Crippen molar-refractivity contribution in [1.29, 1.82) is 0 Å². The second kappa shape index (κ2) is 6.89. The minimum absolute atomic E-state index is 0.0727. The van der Waals surface area contributed by atoms with Crippen molar-refractivity contribution in [1.82, 2.24) is 15.2 Å². The maximum Gasteiger partial charge on any atom is 0.161 e. The summed E-state index contributed by atoms with van der Waals surface area (Å²) in [4.78, 5) is 0. The van der Waals surface area contributed by atoms with E-state index >= 15 is 0 Å². The van der Waals surface area contributed by atoms with Gasteiger partial charge in [-0.1, -0.05) is 24.6 Å². The second-order valence-corrected chi connectivity index (χ2v) is 5.00. The normalized spacial score (nSPS) is 12.4. The van der Waals surface area contributed by atoms with E-state index < -0.39 is 11.9 Å².